The molecule has 0 radical (unpaired) electrons. The Hall–Kier alpha value is -3.57. The van der Waals surface area contributed by atoms with Crippen LogP contribution in [0.3, 0.4) is 0 Å². The number of alkyl halides is 2. The maximum atomic E-state index is 13.4. The number of benzene rings is 3. The van der Waals surface area contributed by atoms with E-state index >= 15 is 0 Å². The number of carbonyl (C=O) groups excluding carboxylic acids is 1. The molecule has 38 heavy (non-hydrogen) atoms. The predicted octanol–water partition coefficient (Wildman–Crippen LogP) is 8.00. The van der Waals surface area contributed by atoms with Gasteiger partial charge in [-0.25, -0.2) is 0 Å². The van der Waals surface area contributed by atoms with Crippen LogP contribution >= 0.6 is 9.24 Å². The molecule has 0 saturated heterocycles. The van der Waals surface area contributed by atoms with E-state index in [1.807, 2.05) is 77.0 Å². The molecular weight excluding hydrogens is 503 g/mol. The Labute approximate surface area is 226 Å². The number of hydrogen-bond acceptors (Lipinski definition) is 4. The molecule has 8 heteroatoms. The van der Waals surface area contributed by atoms with Crippen molar-refractivity contribution in [1.29, 1.82) is 0 Å². The number of aromatic nitrogens is 1. The molecule has 1 N–H and O–H groups in total. The van der Waals surface area contributed by atoms with Crippen molar-refractivity contribution in [1.82, 2.24) is 10.3 Å². The van der Waals surface area contributed by atoms with E-state index in [-0.39, 0.29) is 11.5 Å². The first kappa shape index (κ1) is 30.7. The fourth-order valence-electron chi connectivity index (χ4n) is 3.47. The maximum Gasteiger partial charge on any atom is 0.283 e. The predicted molar refractivity (Wildman–Crippen MR) is 156 cm³/mol. The van der Waals surface area contributed by atoms with Gasteiger partial charge in [-0.2, -0.15) is 8.78 Å². The van der Waals surface area contributed by atoms with Crippen molar-refractivity contribution in [3.05, 3.63) is 95.8 Å². The summed E-state index contributed by atoms with van der Waals surface area (Å²) >= 11 is 0. The third-order valence-electron chi connectivity index (χ3n) is 5.32. The number of anilines is 1. The standard InChI is InChI=1S/C26H24F2N3O2P.2C2H6/c1-31(2)21-12-13-29-20(15-21)16-30-25(32)18-6-11-23-17(14-18)4-3-5-24(23)33-22-9-7-19(8-10-22)26(27,28)34;2*1-2/h3-15H,16,34H2,1-2H3,(H,30,32);2*1-2H3. The zero-order valence-electron chi connectivity index (χ0n) is 22.8. The Balaban J connectivity index is 0.00000121. The van der Waals surface area contributed by atoms with E-state index in [2.05, 4.69) is 10.3 Å². The smallest absolute Gasteiger partial charge is 0.283 e. The molecule has 0 spiro atoms. The number of pyridine rings is 1. The monoisotopic (exact) mass is 539 g/mol. The second-order valence-electron chi connectivity index (χ2n) is 8.02. The average molecular weight is 540 g/mol. The highest BCUT2D eigenvalue weighted by molar-refractivity contribution is 7.17. The first-order chi connectivity index (χ1) is 18.2. The summed E-state index contributed by atoms with van der Waals surface area (Å²) in [6.45, 7) is 8.31. The van der Waals surface area contributed by atoms with Crippen LogP contribution in [0, 0.1) is 0 Å². The van der Waals surface area contributed by atoms with Crippen molar-refractivity contribution in [3.8, 4) is 11.5 Å². The van der Waals surface area contributed by atoms with Gasteiger partial charge in [0.1, 0.15) is 11.5 Å². The van der Waals surface area contributed by atoms with Crippen molar-refractivity contribution in [2.45, 2.75) is 39.9 Å². The fourth-order valence-corrected chi connectivity index (χ4v) is 3.66. The largest absolute Gasteiger partial charge is 0.457 e. The van der Waals surface area contributed by atoms with E-state index in [9.17, 15) is 13.6 Å². The number of ether oxygens (including phenoxy) is 1. The molecule has 0 aliphatic rings. The Morgan fingerprint density at radius 1 is 0.974 bits per heavy atom. The summed E-state index contributed by atoms with van der Waals surface area (Å²) in [6, 6.07) is 20.3. The van der Waals surface area contributed by atoms with Crippen LogP contribution in [-0.4, -0.2) is 25.0 Å². The summed E-state index contributed by atoms with van der Waals surface area (Å²) < 4.78 is 32.8. The van der Waals surface area contributed by atoms with Crippen LogP contribution in [-0.2, 0) is 12.2 Å². The number of nitrogens with one attached hydrogen (secondary N) is 1. The highest BCUT2D eigenvalue weighted by Crippen LogP contribution is 2.36. The van der Waals surface area contributed by atoms with Crippen LogP contribution in [0.2, 0.25) is 0 Å². The quantitative estimate of drug-likeness (QED) is 0.242. The molecule has 5 nitrogen and oxygen atoms in total. The molecule has 1 heterocycles. The van der Waals surface area contributed by atoms with Gasteiger partial charge in [-0.05, 0) is 66.0 Å². The molecule has 4 rings (SSSR count). The molecule has 0 saturated carbocycles. The fraction of sp³-hybridized carbons (Fsp3) is 0.267. The van der Waals surface area contributed by atoms with Gasteiger partial charge < -0.3 is 15.0 Å². The van der Waals surface area contributed by atoms with Gasteiger partial charge in [-0.1, -0.05) is 49.1 Å². The number of carbonyl (C=O) groups is 1. The number of nitrogens with zero attached hydrogens (tertiary/aromatic N) is 2. The number of halogens is 2. The van der Waals surface area contributed by atoms with E-state index in [1.54, 1.807) is 24.4 Å². The van der Waals surface area contributed by atoms with Crippen LogP contribution in [0.25, 0.3) is 10.8 Å². The Morgan fingerprint density at radius 2 is 1.66 bits per heavy atom. The molecule has 0 aliphatic heterocycles. The Kier molecular flexibility index (Phi) is 11.6. The molecule has 1 amide bonds. The van der Waals surface area contributed by atoms with Gasteiger partial charge in [0.15, 0.2) is 0 Å². The molecule has 1 atom stereocenters. The maximum absolute atomic E-state index is 13.4. The average Bonchev–Trinajstić information content (AvgIpc) is 2.94. The molecule has 0 bridgehead atoms. The minimum absolute atomic E-state index is 0.109. The van der Waals surface area contributed by atoms with E-state index in [4.69, 9.17) is 4.74 Å². The molecular formula is C30H36F2N3O2P. The molecule has 4 aromatic rings. The van der Waals surface area contributed by atoms with Crippen LogP contribution in [0.5, 0.6) is 11.5 Å². The first-order valence-corrected chi connectivity index (χ1v) is 13.2. The van der Waals surface area contributed by atoms with Gasteiger partial charge in [-0.15, -0.1) is 0 Å². The van der Waals surface area contributed by atoms with Crippen molar-refractivity contribution in [3.63, 3.8) is 0 Å². The molecule has 0 aliphatic carbocycles. The molecule has 1 aromatic heterocycles. The summed E-state index contributed by atoms with van der Waals surface area (Å²) in [5.74, 6) is 0.804. The Bertz CT molecular complexity index is 1320. The van der Waals surface area contributed by atoms with Crippen molar-refractivity contribution < 1.29 is 18.3 Å². The van der Waals surface area contributed by atoms with E-state index in [0.29, 0.717) is 23.6 Å². The number of hydrogen-bond donors (Lipinski definition) is 1. The van der Waals surface area contributed by atoms with Gasteiger partial charge in [-0.3, -0.25) is 9.78 Å². The van der Waals surface area contributed by atoms with Crippen molar-refractivity contribution in [2.24, 2.45) is 0 Å². The number of amides is 1. The third kappa shape index (κ3) is 8.22. The number of rotatable bonds is 7. The summed E-state index contributed by atoms with van der Waals surface area (Å²) in [7, 11) is 5.42. The van der Waals surface area contributed by atoms with Crippen molar-refractivity contribution in [2.75, 3.05) is 19.0 Å². The second kappa shape index (κ2) is 14.4. The van der Waals surface area contributed by atoms with Gasteiger partial charge >= 0.3 is 0 Å². The number of fused-ring (bicyclic) bond motifs is 1. The first-order valence-electron chi connectivity index (χ1n) is 12.6. The molecule has 202 valence electrons. The summed E-state index contributed by atoms with van der Waals surface area (Å²) in [6.07, 6.45) is 1.72. The normalized spacial score (nSPS) is 10.4. The molecule has 0 fully saturated rings. The van der Waals surface area contributed by atoms with E-state index in [1.165, 1.54) is 33.5 Å². The van der Waals surface area contributed by atoms with E-state index in [0.717, 1.165) is 22.2 Å². The summed E-state index contributed by atoms with van der Waals surface area (Å²) in [4.78, 5) is 19.0. The van der Waals surface area contributed by atoms with Crippen LogP contribution in [0.15, 0.2) is 79.0 Å². The Morgan fingerprint density at radius 3 is 2.29 bits per heavy atom. The minimum Gasteiger partial charge on any atom is -0.457 e. The molecule has 3 aromatic carbocycles. The van der Waals surface area contributed by atoms with Crippen LogP contribution < -0.4 is 15.0 Å². The van der Waals surface area contributed by atoms with Gasteiger partial charge in [0, 0.05) is 42.5 Å². The lowest BCUT2D eigenvalue weighted by molar-refractivity contribution is 0.0950. The zero-order valence-corrected chi connectivity index (χ0v) is 23.9. The lowest BCUT2D eigenvalue weighted by Gasteiger charge is -2.14. The second-order valence-corrected chi connectivity index (χ2v) is 8.75. The van der Waals surface area contributed by atoms with Gasteiger partial charge in [0.05, 0.1) is 12.2 Å². The highest BCUT2D eigenvalue weighted by atomic mass is 31.0. The third-order valence-corrected chi connectivity index (χ3v) is 5.65. The van der Waals surface area contributed by atoms with Crippen LogP contribution in [0.1, 0.15) is 49.3 Å². The van der Waals surface area contributed by atoms with E-state index < -0.39 is 5.66 Å². The topological polar surface area (TPSA) is 54.5 Å². The highest BCUT2D eigenvalue weighted by Gasteiger charge is 2.24. The summed E-state index contributed by atoms with van der Waals surface area (Å²) in [5.41, 5.74) is -0.807. The van der Waals surface area contributed by atoms with Crippen molar-refractivity contribution >= 4 is 31.6 Å². The molecule has 1 unspecified atom stereocenters. The SMILES string of the molecule is CC.CC.CN(C)c1ccnc(CNC(=O)c2ccc3c(Oc4ccc(C(F)(F)P)cc4)cccc3c2)c1. The zero-order chi connectivity index (χ0) is 28.3. The summed E-state index contributed by atoms with van der Waals surface area (Å²) in [5, 5.41) is 4.53. The minimum atomic E-state index is -2.99. The van der Waals surface area contributed by atoms with Crippen LogP contribution in [0.4, 0.5) is 14.5 Å². The van der Waals surface area contributed by atoms with Gasteiger partial charge in [0.2, 0.25) is 0 Å². The lowest BCUT2D eigenvalue weighted by atomic mass is 10.1. The van der Waals surface area contributed by atoms with Gasteiger partial charge in [0.25, 0.3) is 11.6 Å². The lowest BCUT2D eigenvalue weighted by Crippen LogP contribution is -2.23.